The molecule has 0 aliphatic carbocycles. The topological polar surface area (TPSA) is 46.5 Å². The minimum atomic E-state index is -1.37. The van der Waals surface area contributed by atoms with Gasteiger partial charge >= 0.3 is 5.97 Å². The summed E-state index contributed by atoms with van der Waals surface area (Å²) in [5.74, 6) is -0.165. The van der Waals surface area contributed by atoms with Gasteiger partial charge in [0.1, 0.15) is 0 Å². The van der Waals surface area contributed by atoms with Gasteiger partial charge in [-0.05, 0) is 26.2 Å². The summed E-state index contributed by atoms with van der Waals surface area (Å²) >= 11 is 0. The quantitative estimate of drug-likeness (QED) is 0.671. The van der Waals surface area contributed by atoms with E-state index < -0.39 is 11.6 Å². The van der Waals surface area contributed by atoms with Crippen LogP contribution in [0.15, 0.2) is 0 Å². The third-order valence-corrected chi connectivity index (χ3v) is 2.05. The molecule has 0 fully saturated rings. The predicted octanol–water partition coefficient (Wildman–Crippen LogP) is 2.13. The number of hydrogen-bond donors (Lipinski definition) is 1. The van der Waals surface area contributed by atoms with E-state index in [1.54, 1.807) is 0 Å². The minimum absolute atomic E-state index is 0.376. The monoisotopic (exact) mass is 202 g/mol. The van der Waals surface area contributed by atoms with E-state index in [4.69, 9.17) is 4.74 Å². The fourth-order valence-electron chi connectivity index (χ4n) is 1.03. The summed E-state index contributed by atoms with van der Waals surface area (Å²) < 4.78 is 4.98. The van der Waals surface area contributed by atoms with Crippen molar-refractivity contribution >= 4 is 5.97 Å². The Bertz CT molecular complexity index is 170. The molecule has 3 heteroatoms. The van der Waals surface area contributed by atoms with E-state index in [2.05, 4.69) is 6.92 Å². The SMILES string of the molecule is CCCCC(C)COC(=O)C(C)(C)O. The van der Waals surface area contributed by atoms with Crippen molar-refractivity contribution in [2.45, 2.75) is 52.6 Å². The van der Waals surface area contributed by atoms with Crippen LogP contribution in [-0.2, 0) is 9.53 Å². The lowest BCUT2D eigenvalue weighted by molar-refractivity contribution is -0.163. The van der Waals surface area contributed by atoms with Crippen LogP contribution in [0.2, 0.25) is 0 Å². The van der Waals surface area contributed by atoms with E-state index in [-0.39, 0.29) is 0 Å². The number of unbranched alkanes of at least 4 members (excludes halogenated alkanes) is 1. The molecule has 0 heterocycles. The first-order valence-electron chi connectivity index (χ1n) is 5.27. The largest absolute Gasteiger partial charge is 0.463 e. The molecule has 0 aromatic rings. The second kappa shape index (κ2) is 6.02. The van der Waals surface area contributed by atoms with Gasteiger partial charge in [0.25, 0.3) is 0 Å². The normalized spacial score (nSPS) is 13.8. The van der Waals surface area contributed by atoms with E-state index >= 15 is 0 Å². The van der Waals surface area contributed by atoms with Crippen LogP contribution in [0.25, 0.3) is 0 Å². The van der Waals surface area contributed by atoms with Crippen molar-refractivity contribution in [1.29, 1.82) is 0 Å². The molecule has 0 bridgehead atoms. The van der Waals surface area contributed by atoms with Crippen LogP contribution in [0, 0.1) is 5.92 Å². The maximum atomic E-state index is 11.2. The lowest BCUT2D eigenvalue weighted by Gasteiger charge is -2.17. The number of carbonyl (C=O) groups excluding carboxylic acids is 1. The number of hydrogen-bond acceptors (Lipinski definition) is 3. The Hall–Kier alpha value is -0.570. The first-order chi connectivity index (χ1) is 6.38. The summed E-state index contributed by atoms with van der Waals surface area (Å²) in [5, 5.41) is 9.30. The van der Waals surface area contributed by atoms with Gasteiger partial charge in [-0.3, -0.25) is 0 Å². The molecular weight excluding hydrogens is 180 g/mol. The van der Waals surface area contributed by atoms with Gasteiger partial charge in [0.15, 0.2) is 5.60 Å². The van der Waals surface area contributed by atoms with Crippen LogP contribution in [-0.4, -0.2) is 23.3 Å². The fraction of sp³-hybridized carbons (Fsp3) is 0.909. The molecule has 3 nitrogen and oxygen atoms in total. The average molecular weight is 202 g/mol. The van der Waals surface area contributed by atoms with Gasteiger partial charge < -0.3 is 9.84 Å². The molecule has 0 aromatic carbocycles. The van der Waals surface area contributed by atoms with Gasteiger partial charge in [0, 0.05) is 0 Å². The van der Waals surface area contributed by atoms with Gasteiger partial charge in [0.2, 0.25) is 0 Å². The number of rotatable bonds is 6. The van der Waals surface area contributed by atoms with Crippen molar-refractivity contribution in [2.24, 2.45) is 5.92 Å². The smallest absolute Gasteiger partial charge is 0.337 e. The Kier molecular flexibility index (Phi) is 5.77. The maximum absolute atomic E-state index is 11.2. The molecule has 14 heavy (non-hydrogen) atoms. The zero-order chi connectivity index (χ0) is 11.2. The predicted molar refractivity (Wildman–Crippen MR) is 55.9 cm³/mol. The van der Waals surface area contributed by atoms with Crippen molar-refractivity contribution in [1.82, 2.24) is 0 Å². The second-order valence-corrected chi connectivity index (χ2v) is 4.40. The lowest BCUT2D eigenvalue weighted by atomic mass is 10.1. The zero-order valence-electron chi connectivity index (χ0n) is 9.67. The highest BCUT2D eigenvalue weighted by molar-refractivity contribution is 5.78. The van der Waals surface area contributed by atoms with Crippen molar-refractivity contribution in [3.8, 4) is 0 Å². The molecule has 0 aromatic heterocycles. The molecule has 84 valence electrons. The standard InChI is InChI=1S/C11H22O3/c1-5-6-7-9(2)8-14-10(12)11(3,4)13/h9,13H,5-8H2,1-4H3. The molecule has 0 radical (unpaired) electrons. The first-order valence-corrected chi connectivity index (χ1v) is 5.27. The fourth-order valence-corrected chi connectivity index (χ4v) is 1.03. The van der Waals surface area contributed by atoms with Gasteiger partial charge in [-0.2, -0.15) is 0 Å². The summed E-state index contributed by atoms with van der Waals surface area (Å²) in [5.41, 5.74) is -1.37. The van der Waals surface area contributed by atoms with E-state index in [0.29, 0.717) is 12.5 Å². The van der Waals surface area contributed by atoms with Gasteiger partial charge in [-0.15, -0.1) is 0 Å². The molecule has 1 unspecified atom stereocenters. The average Bonchev–Trinajstić information content (AvgIpc) is 2.09. The number of aliphatic hydroxyl groups is 1. The highest BCUT2D eigenvalue weighted by Gasteiger charge is 2.25. The molecule has 0 saturated heterocycles. The van der Waals surface area contributed by atoms with E-state index in [1.807, 2.05) is 6.92 Å². The van der Waals surface area contributed by atoms with Crippen molar-refractivity contribution in [3.63, 3.8) is 0 Å². The van der Waals surface area contributed by atoms with Crippen LogP contribution in [0.5, 0.6) is 0 Å². The number of carbonyl (C=O) groups is 1. The van der Waals surface area contributed by atoms with Crippen LogP contribution in [0.1, 0.15) is 47.0 Å². The van der Waals surface area contributed by atoms with Gasteiger partial charge in [-0.25, -0.2) is 4.79 Å². The molecule has 0 saturated carbocycles. The second-order valence-electron chi connectivity index (χ2n) is 4.40. The molecule has 0 aliphatic rings. The van der Waals surface area contributed by atoms with Crippen molar-refractivity contribution in [3.05, 3.63) is 0 Å². The van der Waals surface area contributed by atoms with Crippen LogP contribution >= 0.6 is 0 Å². The molecule has 0 rings (SSSR count). The molecule has 1 atom stereocenters. The van der Waals surface area contributed by atoms with Gasteiger partial charge in [0.05, 0.1) is 6.61 Å². The summed E-state index contributed by atoms with van der Waals surface area (Å²) in [6.45, 7) is 7.46. The Morgan fingerprint density at radius 3 is 2.50 bits per heavy atom. The first kappa shape index (κ1) is 13.4. The molecule has 0 aliphatic heterocycles. The number of esters is 1. The summed E-state index contributed by atoms with van der Waals surface area (Å²) in [6.07, 6.45) is 3.38. The Morgan fingerprint density at radius 1 is 1.50 bits per heavy atom. The highest BCUT2D eigenvalue weighted by Crippen LogP contribution is 2.10. The minimum Gasteiger partial charge on any atom is -0.463 e. The van der Waals surface area contributed by atoms with Crippen LogP contribution in [0.4, 0.5) is 0 Å². The van der Waals surface area contributed by atoms with E-state index in [1.165, 1.54) is 13.8 Å². The molecule has 0 amide bonds. The zero-order valence-corrected chi connectivity index (χ0v) is 9.67. The highest BCUT2D eigenvalue weighted by atomic mass is 16.5. The van der Waals surface area contributed by atoms with Gasteiger partial charge in [-0.1, -0.05) is 26.7 Å². The van der Waals surface area contributed by atoms with Crippen molar-refractivity contribution < 1.29 is 14.6 Å². The third kappa shape index (κ3) is 5.97. The Labute approximate surface area is 86.5 Å². The van der Waals surface area contributed by atoms with E-state index in [9.17, 15) is 9.90 Å². The molecular formula is C11H22O3. The Balaban J connectivity index is 3.67. The summed E-state index contributed by atoms with van der Waals surface area (Å²) in [7, 11) is 0. The Morgan fingerprint density at radius 2 is 2.07 bits per heavy atom. The van der Waals surface area contributed by atoms with E-state index in [0.717, 1.165) is 19.3 Å². The van der Waals surface area contributed by atoms with Crippen molar-refractivity contribution in [2.75, 3.05) is 6.61 Å². The number of ether oxygens (including phenoxy) is 1. The molecule has 1 N–H and O–H groups in total. The summed E-state index contributed by atoms with van der Waals surface area (Å²) in [6, 6.07) is 0. The van der Waals surface area contributed by atoms with Crippen LogP contribution in [0.3, 0.4) is 0 Å². The van der Waals surface area contributed by atoms with Crippen LogP contribution < -0.4 is 0 Å². The lowest BCUT2D eigenvalue weighted by Crippen LogP contribution is -2.34. The molecule has 0 spiro atoms. The summed E-state index contributed by atoms with van der Waals surface area (Å²) in [4.78, 5) is 11.2. The maximum Gasteiger partial charge on any atom is 0.337 e. The third-order valence-electron chi connectivity index (χ3n) is 2.05.